The lowest BCUT2D eigenvalue weighted by molar-refractivity contribution is 0.0927. The monoisotopic (exact) mass is 251 g/mol. The first kappa shape index (κ1) is 12.4. The Kier molecular flexibility index (Phi) is 4.06. The first-order valence-corrected chi connectivity index (χ1v) is 6.61. The van der Waals surface area contributed by atoms with E-state index in [1.54, 1.807) is 6.07 Å². The van der Waals surface area contributed by atoms with Crippen LogP contribution in [0.5, 0.6) is 0 Å². The number of amides is 1. The van der Waals surface area contributed by atoms with Crippen LogP contribution in [0, 0.1) is 6.92 Å². The van der Waals surface area contributed by atoms with Crippen LogP contribution in [-0.2, 0) is 0 Å². The lowest BCUT2D eigenvalue weighted by Gasteiger charge is -2.23. The summed E-state index contributed by atoms with van der Waals surface area (Å²) in [5.41, 5.74) is 1.67. The molecule has 1 aliphatic rings. The summed E-state index contributed by atoms with van der Waals surface area (Å²) in [6.07, 6.45) is 5.94. The van der Waals surface area contributed by atoms with Crippen LogP contribution in [0.25, 0.3) is 0 Å². The maximum absolute atomic E-state index is 12.1. The number of aryl methyl sites for hydroxylation is 1. The molecule has 0 aromatic heterocycles. The molecule has 92 valence electrons. The van der Waals surface area contributed by atoms with Crippen LogP contribution >= 0.6 is 11.6 Å². The zero-order valence-electron chi connectivity index (χ0n) is 10.1. The molecule has 0 atom stereocenters. The highest BCUT2D eigenvalue weighted by Crippen LogP contribution is 2.19. The van der Waals surface area contributed by atoms with Crippen LogP contribution < -0.4 is 5.32 Å². The average molecular weight is 252 g/mol. The van der Waals surface area contributed by atoms with Crippen molar-refractivity contribution in [3.8, 4) is 0 Å². The Morgan fingerprint density at radius 1 is 1.29 bits per heavy atom. The summed E-state index contributed by atoms with van der Waals surface area (Å²) in [4.78, 5) is 12.1. The van der Waals surface area contributed by atoms with Crippen molar-refractivity contribution >= 4 is 17.5 Å². The molecule has 1 saturated carbocycles. The van der Waals surface area contributed by atoms with Gasteiger partial charge in [-0.3, -0.25) is 4.79 Å². The molecule has 2 rings (SSSR count). The molecular formula is C14H18ClNO. The third-order valence-corrected chi connectivity index (χ3v) is 3.62. The van der Waals surface area contributed by atoms with E-state index in [0.29, 0.717) is 16.6 Å². The Morgan fingerprint density at radius 3 is 2.71 bits per heavy atom. The molecule has 0 radical (unpaired) electrons. The number of nitrogens with one attached hydrogen (secondary N) is 1. The van der Waals surface area contributed by atoms with Gasteiger partial charge < -0.3 is 5.32 Å². The number of benzene rings is 1. The number of carbonyl (C=O) groups excluding carboxylic acids is 1. The number of rotatable bonds is 2. The summed E-state index contributed by atoms with van der Waals surface area (Å²) < 4.78 is 0. The number of hydrogen-bond acceptors (Lipinski definition) is 1. The summed E-state index contributed by atoms with van der Waals surface area (Å²) in [6, 6.07) is 5.79. The zero-order valence-corrected chi connectivity index (χ0v) is 10.9. The van der Waals surface area contributed by atoms with Gasteiger partial charge in [-0.05, 0) is 37.5 Å². The van der Waals surface area contributed by atoms with Gasteiger partial charge in [0, 0.05) is 16.6 Å². The van der Waals surface area contributed by atoms with Gasteiger partial charge in [0.05, 0.1) is 0 Å². The maximum Gasteiger partial charge on any atom is 0.251 e. The SMILES string of the molecule is Cc1ccc(Cl)cc1C(=O)NC1CCCCC1. The normalized spacial score (nSPS) is 16.8. The minimum Gasteiger partial charge on any atom is -0.349 e. The molecule has 0 spiro atoms. The molecule has 0 aliphatic heterocycles. The van der Waals surface area contributed by atoms with E-state index in [1.807, 2.05) is 19.1 Å². The first-order chi connectivity index (χ1) is 8.16. The van der Waals surface area contributed by atoms with Crippen LogP contribution in [0.2, 0.25) is 5.02 Å². The second kappa shape index (κ2) is 5.54. The van der Waals surface area contributed by atoms with Crippen molar-refractivity contribution < 1.29 is 4.79 Å². The van der Waals surface area contributed by atoms with Crippen molar-refractivity contribution in [3.05, 3.63) is 34.3 Å². The smallest absolute Gasteiger partial charge is 0.251 e. The fourth-order valence-corrected chi connectivity index (χ4v) is 2.52. The third kappa shape index (κ3) is 3.22. The van der Waals surface area contributed by atoms with Crippen LogP contribution in [-0.4, -0.2) is 11.9 Å². The van der Waals surface area contributed by atoms with Crippen molar-refractivity contribution in [1.29, 1.82) is 0 Å². The van der Waals surface area contributed by atoms with Crippen LogP contribution in [0.4, 0.5) is 0 Å². The standard InChI is InChI=1S/C14H18ClNO/c1-10-7-8-11(15)9-13(10)14(17)16-12-5-3-2-4-6-12/h7-9,12H,2-6H2,1H3,(H,16,17). The van der Waals surface area contributed by atoms with Gasteiger partial charge in [0.25, 0.3) is 5.91 Å². The van der Waals surface area contributed by atoms with Gasteiger partial charge in [-0.15, -0.1) is 0 Å². The van der Waals surface area contributed by atoms with Gasteiger partial charge in [-0.2, -0.15) is 0 Å². The number of hydrogen-bond donors (Lipinski definition) is 1. The first-order valence-electron chi connectivity index (χ1n) is 6.24. The van der Waals surface area contributed by atoms with E-state index in [9.17, 15) is 4.79 Å². The van der Waals surface area contributed by atoms with Crippen molar-refractivity contribution in [2.24, 2.45) is 0 Å². The minimum absolute atomic E-state index is 0.0110. The van der Waals surface area contributed by atoms with Crippen LogP contribution in [0.15, 0.2) is 18.2 Å². The molecule has 3 heteroatoms. The highest BCUT2D eigenvalue weighted by molar-refractivity contribution is 6.31. The fraction of sp³-hybridized carbons (Fsp3) is 0.500. The third-order valence-electron chi connectivity index (χ3n) is 3.38. The van der Waals surface area contributed by atoms with Crippen molar-refractivity contribution in [2.75, 3.05) is 0 Å². The quantitative estimate of drug-likeness (QED) is 0.853. The highest BCUT2D eigenvalue weighted by Gasteiger charge is 2.17. The predicted octanol–water partition coefficient (Wildman–Crippen LogP) is 3.71. The molecule has 1 N–H and O–H groups in total. The molecule has 0 saturated heterocycles. The zero-order chi connectivity index (χ0) is 12.3. The molecule has 0 unspecified atom stereocenters. The van der Waals surface area contributed by atoms with Gasteiger partial charge in [0.15, 0.2) is 0 Å². The summed E-state index contributed by atoms with van der Waals surface area (Å²) >= 11 is 5.92. The molecular weight excluding hydrogens is 234 g/mol. The molecule has 1 aromatic rings. The van der Waals surface area contributed by atoms with Crippen molar-refractivity contribution in [3.63, 3.8) is 0 Å². The lowest BCUT2D eigenvalue weighted by Crippen LogP contribution is -2.36. The van der Waals surface area contributed by atoms with Gasteiger partial charge >= 0.3 is 0 Å². The van der Waals surface area contributed by atoms with E-state index in [2.05, 4.69) is 5.32 Å². The van der Waals surface area contributed by atoms with Gasteiger partial charge in [0.2, 0.25) is 0 Å². The molecule has 1 fully saturated rings. The second-order valence-electron chi connectivity index (χ2n) is 4.77. The molecule has 17 heavy (non-hydrogen) atoms. The molecule has 1 aromatic carbocycles. The molecule has 1 aliphatic carbocycles. The van der Waals surface area contributed by atoms with E-state index in [1.165, 1.54) is 19.3 Å². The summed E-state index contributed by atoms with van der Waals surface area (Å²) in [7, 11) is 0. The Balaban J connectivity index is 2.05. The maximum atomic E-state index is 12.1. The molecule has 0 heterocycles. The average Bonchev–Trinajstić information content (AvgIpc) is 2.33. The van der Waals surface area contributed by atoms with Crippen LogP contribution in [0.1, 0.15) is 48.0 Å². The Hall–Kier alpha value is -1.02. The lowest BCUT2D eigenvalue weighted by atomic mass is 9.95. The number of halogens is 1. The largest absolute Gasteiger partial charge is 0.349 e. The van der Waals surface area contributed by atoms with E-state index in [4.69, 9.17) is 11.6 Å². The highest BCUT2D eigenvalue weighted by atomic mass is 35.5. The second-order valence-corrected chi connectivity index (χ2v) is 5.20. The van der Waals surface area contributed by atoms with E-state index in [0.717, 1.165) is 18.4 Å². The Bertz CT molecular complexity index is 411. The van der Waals surface area contributed by atoms with E-state index < -0.39 is 0 Å². The molecule has 0 bridgehead atoms. The fourth-order valence-electron chi connectivity index (χ4n) is 2.35. The summed E-state index contributed by atoms with van der Waals surface area (Å²) in [6.45, 7) is 1.94. The Labute approximate surface area is 107 Å². The van der Waals surface area contributed by atoms with Crippen molar-refractivity contribution in [1.82, 2.24) is 5.32 Å². The minimum atomic E-state index is 0.0110. The summed E-state index contributed by atoms with van der Waals surface area (Å²) in [5, 5.41) is 3.72. The topological polar surface area (TPSA) is 29.1 Å². The van der Waals surface area contributed by atoms with E-state index in [-0.39, 0.29) is 5.91 Å². The van der Waals surface area contributed by atoms with Gasteiger partial charge in [-0.25, -0.2) is 0 Å². The van der Waals surface area contributed by atoms with Crippen LogP contribution in [0.3, 0.4) is 0 Å². The molecule has 1 amide bonds. The van der Waals surface area contributed by atoms with Crippen molar-refractivity contribution in [2.45, 2.75) is 45.1 Å². The van der Waals surface area contributed by atoms with Gasteiger partial charge in [-0.1, -0.05) is 36.9 Å². The predicted molar refractivity (Wildman–Crippen MR) is 70.5 cm³/mol. The van der Waals surface area contributed by atoms with Gasteiger partial charge in [0.1, 0.15) is 0 Å². The van der Waals surface area contributed by atoms with E-state index >= 15 is 0 Å². The summed E-state index contributed by atoms with van der Waals surface area (Å²) in [5.74, 6) is 0.0110. The molecule has 2 nitrogen and oxygen atoms in total. The number of carbonyl (C=O) groups is 1. The Morgan fingerprint density at radius 2 is 2.00 bits per heavy atom.